The van der Waals surface area contributed by atoms with Gasteiger partial charge in [-0.25, -0.2) is 18.4 Å². The Labute approximate surface area is 215 Å². The fourth-order valence-corrected chi connectivity index (χ4v) is 5.74. The number of benzene rings is 2. The fraction of sp³-hybridized carbons (Fsp3) is 0.250. The number of nitrogens with zero attached hydrogens (tertiary/aromatic N) is 4. The van der Waals surface area contributed by atoms with E-state index in [0.29, 0.717) is 29.0 Å². The van der Waals surface area contributed by atoms with Crippen LogP contribution in [0.1, 0.15) is 29.4 Å². The summed E-state index contributed by atoms with van der Waals surface area (Å²) in [5.74, 6) is -1.27. The van der Waals surface area contributed by atoms with E-state index >= 15 is 0 Å². The van der Waals surface area contributed by atoms with Gasteiger partial charge < -0.3 is 15.7 Å². The summed E-state index contributed by atoms with van der Waals surface area (Å²) in [6.07, 6.45) is -2.32. The third kappa shape index (κ3) is 5.31. The first-order valence-corrected chi connectivity index (χ1v) is 13.2. The molecule has 0 fully saturated rings. The van der Waals surface area contributed by atoms with Crippen LogP contribution >= 0.6 is 0 Å². The van der Waals surface area contributed by atoms with Crippen LogP contribution in [0.4, 0.5) is 30.6 Å². The minimum absolute atomic E-state index is 0.0771. The normalized spacial score (nSPS) is 15.5. The molecule has 38 heavy (non-hydrogen) atoms. The quantitative estimate of drug-likeness (QED) is 0.272. The summed E-state index contributed by atoms with van der Waals surface area (Å²) in [6, 6.07) is 13.1. The Morgan fingerprint density at radius 1 is 1.11 bits per heavy atom. The van der Waals surface area contributed by atoms with Gasteiger partial charge in [-0.05, 0) is 42.2 Å². The second kappa shape index (κ2) is 10.0. The lowest BCUT2D eigenvalue weighted by molar-refractivity contribution is -0.144. The van der Waals surface area contributed by atoms with Crippen molar-refractivity contribution in [3.8, 4) is 11.4 Å². The van der Waals surface area contributed by atoms with Crippen molar-refractivity contribution in [1.29, 1.82) is 0 Å². The largest absolute Gasteiger partial charge is 0.451 e. The number of aryl methyl sites for hydroxylation is 1. The van der Waals surface area contributed by atoms with Gasteiger partial charge in [0.15, 0.2) is 15.7 Å². The lowest BCUT2D eigenvalue weighted by Crippen LogP contribution is -2.17. The van der Waals surface area contributed by atoms with Gasteiger partial charge in [0.05, 0.1) is 28.9 Å². The van der Waals surface area contributed by atoms with Gasteiger partial charge in [-0.3, -0.25) is 5.10 Å². The van der Waals surface area contributed by atoms with Gasteiger partial charge in [0.2, 0.25) is 11.8 Å². The molecule has 5 rings (SSSR count). The fourth-order valence-electron chi connectivity index (χ4n) is 4.16. The molecule has 0 unspecified atom stereocenters. The van der Waals surface area contributed by atoms with E-state index < -0.39 is 27.9 Å². The Morgan fingerprint density at radius 2 is 1.89 bits per heavy atom. The lowest BCUT2D eigenvalue weighted by atomic mass is 10.1. The summed E-state index contributed by atoms with van der Waals surface area (Å²) < 4.78 is 64.0. The third-order valence-corrected chi connectivity index (χ3v) is 7.88. The Hall–Kier alpha value is -4.04. The highest BCUT2D eigenvalue weighted by Crippen LogP contribution is 2.32. The molecular formula is C24H22F3N7O3S. The van der Waals surface area contributed by atoms with Gasteiger partial charge in [0, 0.05) is 11.9 Å². The van der Waals surface area contributed by atoms with Crippen molar-refractivity contribution in [2.75, 3.05) is 23.0 Å². The summed E-state index contributed by atoms with van der Waals surface area (Å²) in [5, 5.41) is 21.6. The number of hydrogen-bond donors (Lipinski definition) is 4. The Balaban J connectivity index is 1.51. The summed E-state index contributed by atoms with van der Waals surface area (Å²) in [7, 11) is -3.32. The maximum atomic E-state index is 13.1. The number of alkyl halides is 3. The molecule has 198 valence electrons. The molecule has 2 aromatic carbocycles. The molecule has 4 aromatic rings. The molecule has 0 aliphatic carbocycles. The Morgan fingerprint density at radius 3 is 2.61 bits per heavy atom. The van der Waals surface area contributed by atoms with Crippen molar-refractivity contribution in [2.24, 2.45) is 0 Å². The molecule has 3 heterocycles. The Bertz CT molecular complexity index is 1560. The van der Waals surface area contributed by atoms with E-state index in [4.69, 9.17) is 0 Å². The van der Waals surface area contributed by atoms with E-state index in [1.165, 1.54) is 12.3 Å². The number of sulfone groups is 1. The number of aromatic nitrogens is 5. The zero-order chi connectivity index (χ0) is 26.9. The van der Waals surface area contributed by atoms with Crippen molar-refractivity contribution in [2.45, 2.75) is 30.0 Å². The average Bonchev–Trinajstić information content (AvgIpc) is 3.39. The van der Waals surface area contributed by atoms with Crippen molar-refractivity contribution in [1.82, 2.24) is 25.1 Å². The van der Waals surface area contributed by atoms with Crippen LogP contribution in [0.2, 0.25) is 0 Å². The van der Waals surface area contributed by atoms with E-state index in [0.717, 1.165) is 5.56 Å². The van der Waals surface area contributed by atoms with Crippen LogP contribution in [0.3, 0.4) is 0 Å². The van der Waals surface area contributed by atoms with E-state index in [1.807, 2.05) is 11.2 Å². The van der Waals surface area contributed by atoms with Crippen molar-refractivity contribution in [3.05, 3.63) is 71.7 Å². The van der Waals surface area contributed by atoms with Gasteiger partial charge in [-0.1, -0.05) is 30.3 Å². The van der Waals surface area contributed by atoms with Gasteiger partial charge in [0.1, 0.15) is 5.82 Å². The van der Waals surface area contributed by atoms with Crippen molar-refractivity contribution >= 4 is 27.3 Å². The van der Waals surface area contributed by atoms with Crippen LogP contribution < -0.4 is 10.6 Å². The molecule has 1 aliphatic rings. The molecule has 0 saturated heterocycles. The first-order chi connectivity index (χ1) is 18.1. The molecule has 4 N–H and O–H groups in total. The first kappa shape index (κ1) is 25.6. The highest BCUT2D eigenvalue weighted by molar-refractivity contribution is 7.91. The predicted molar refractivity (Wildman–Crippen MR) is 132 cm³/mol. The molecule has 0 bridgehead atoms. The molecule has 0 amide bonds. The predicted octanol–water partition coefficient (Wildman–Crippen LogP) is 3.89. The lowest BCUT2D eigenvalue weighted by Gasteiger charge is -2.20. The average molecular weight is 546 g/mol. The SMILES string of the molecule is O=S1(=O)CCCc2cc(Nc3ncc(-c4n[nH]c(C(F)(F)F)n4)c(N[C@H](CO)c4ccccc4)n3)ccc21. The number of H-pyrrole nitrogens is 1. The number of aliphatic hydroxyl groups excluding tert-OH is 1. The van der Waals surface area contributed by atoms with E-state index in [9.17, 15) is 26.7 Å². The standard InChI is InChI=1S/C24H22F3N7O3S/c25-24(26,27)22-31-21(33-34-22)17-12-28-23(32-20(17)30-18(13-35)14-5-2-1-3-6-14)29-16-8-9-19-15(11-16)7-4-10-38(19,36)37/h1-3,5-6,8-9,11-12,18,35H,4,7,10,13H2,(H,31,33,34)(H2,28,29,30,32)/t18-/m1/s1. The maximum Gasteiger partial charge on any atom is 0.451 e. The molecule has 10 nitrogen and oxygen atoms in total. The van der Waals surface area contributed by atoms with Gasteiger partial charge >= 0.3 is 6.18 Å². The van der Waals surface area contributed by atoms with E-state index in [2.05, 4.69) is 30.7 Å². The van der Waals surface area contributed by atoms with Crippen LogP contribution in [0.15, 0.2) is 59.6 Å². The molecular weight excluding hydrogens is 523 g/mol. The summed E-state index contributed by atoms with van der Waals surface area (Å²) in [6.45, 7) is -0.336. The van der Waals surface area contributed by atoms with Crippen molar-refractivity contribution < 1.29 is 26.7 Å². The summed E-state index contributed by atoms with van der Waals surface area (Å²) in [4.78, 5) is 12.5. The van der Waals surface area contributed by atoms with Gasteiger partial charge in [-0.2, -0.15) is 23.3 Å². The number of hydrogen-bond acceptors (Lipinski definition) is 9. The second-order valence-electron chi connectivity index (χ2n) is 8.62. The van der Waals surface area contributed by atoms with Crippen LogP contribution in [0, 0.1) is 0 Å². The maximum absolute atomic E-state index is 13.1. The zero-order valence-corrected chi connectivity index (χ0v) is 20.5. The second-order valence-corrected chi connectivity index (χ2v) is 10.7. The highest BCUT2D eigenvalue weighted by atomic mass is 32.2. The van der Waals surface area contributed by atoms with Crippen LogP contribution in [-0.4, -0.2) is 51.0 Å². The minimum atomic E-state index is -4.72. The third-order valence-electron chi connectivity index (χ3n) is 5.99. The van der Waals surface area contributed by atoms with Crippen LogP contribution in [0.25, 0.3) is 11.4 Å². The molecule has 0 radical (unpaired) electrons. The Kier molecular flexibility index (Phi) is 6.75. The summed E-state index contributed by atoms with van der Waals surface area (Å²) >= 11 is 0. The monoisotopic (exact) mass is 545 g/mol. The number of aliphatic hydroxyl groups is 1. The van der Waals surface area contributed by atoms with Gasteiger partial charge in [-0.15, -0.1) is 0 Å². The highest BCUT2D eigenvalue weighted by Gasteiger charge is 2.36. The smallest absolute Gasteiger partial charge is 0.394 e. The number of aromatic amines is 1. The number of nitrogens with one attached hydrogen (secondary N) is 3. The first-order valence-electron chi connectivity index (χ1n) is 11.6. The number of anilines is 3. The molecule has 1 aliphatic heterocycles. The number of rotatable bonds is 7. The number of halogens is 3. The van der Waals surface area contributed by atoms with E-state index in [-0.39, 0.29) is 35.5 Å². The molecule has 2 aromatic heterocycles. The van der Waals surface area contributed by atoms with Gasteiger partial charge in [0.25, 0.3) is 0 Å². The molecule has 0 saturated carbocycles. The topological polar surface area (TPSA) is 146 Å². The summed E-state index contributed by atoms with van der Waals surface area (Å²) in [5.41, 5.74) is 2.02. The zero-order valence-electron chi connectivity index (χ0n) is 19.7. The van der Waals surface area contributed by atoms with Crippen molar-refractivity contribution in [3.63, 3.8) is 0 Å². The van der Waals surface area contributed by atoms with E-state index in [1.54, 1.807) is 36.4 Å². The van der Waals surface area contributed by atoms with Crippen LogP contribution in [-0.2, 0) is 22.4 Å². The number of fused-ring (bicyclic) bond motifs is 1. The molecule has 1 atom stereocenters. The van der Waals surface area contributed by atoms with Crippen LogP contribution in [0.5, 0.6) is 0 Å². The molecule has 0 spiro atoms. The molecule has 14 heteroatoms. The minimum Gasteiger partial charge on any atom is -0.394 e.